The predicted molar refractivity (Wildman–Crippen MR) is 94.9 cm³/mol. The molecule has 0 spiro atoms. The van der Waals surface area contributed by atoms with Crippen LogP contribution < -0.4 is 5.32 Å². The summed E-state index contributed by atoms with van der Waals surface area (Å²) < 4.78 is 5.32. The number of thiophene rings is 1. The van der Waals surface area contributed by atoms with Crippen molar-refractivity contribution in [3.63, 3.8) is 0 Å². The maximum atomic E-state index is 5.56. The molecule has 3 nitrogen and oxygen atoms in total. The third-order valence-corrected chi connectivity index (χ3v) is 4.40. The van der Waals surface area contributed by atoms with E-state index in [9.17, 15) is 0 Å². The number of rotatable bonds is 5. The van der Waals surface area contributed by atoms with Gasteiger partial charge >= 0.3 is 0 Å². The van der Waals surface area contributed by atoms with Crippen LogP contribution in [0.3, 0.4) is 0 Å². The monoisotopic (exact) mass is 328 g/mol. The van der Waals surface area contributed by atoms with Crippen LogP contribution in [0.2, 0.25) is 0 Å². The molecule has 0 unspecified atom stereocenters. The van der Waals surface area contributed by atoms with Crippen molar-refractivity contribution in [3.8, 4) is 0 Å². The largest absolute Gasteiger partial charge is 0.449 e. The van der Waals surface area contributed by atoms with Crippen molar-refractivity contribution in [1.29, 1.82) is 0 Å². The van der Waals surface area contributed by atoms with Gasteiger partial charge in [-0.25, -0.2) is 0 Å². The molecule has 0 aliphatic carbocycles. The molecule has 22 heavy (non-hydrogen) atoms. The van der Waals surface area contributed by atoms with Crippen molar-refractivity contribution in [2.75, 3.05) is 5.32 Å². The average molecular weight is 328 g/mol. The highest BCUT2D eigenvalue weighted by molar-refractivity contribution is 7.80. The van der Waals surface area contributed by atoms with Gasteiger partial charge < -0.3 is 14.6 Å². The number of thiocarbonyl (C=S) groups is 1. The summed E-state index contributed by atoms with van der Waals surface area (Å²) >= 11 is 7.29. The zero-order chi connectivity index (χ0) is 15.2. The standard InChI is InChI=1S/C17H16N2OS2/c21-17(18-16-9-4-10-20-16)19(13-15-8-5-11-22-15)12-14-6-2-1-3-7-14/h1-11H,12-13H2,(H,18,21). The van der Waals surface area contributed by atoms with Crippen LogP contribution in [0.5, 0.6) is 0 Å². The molecule has 112 valence electrons. The molecule has 1 aromatic carbocycles. The van der Waals surface area contributed by atoms with Gasteiger partial charge in [-0.1, -0.05) is 36.4 Å². The van der Waals surface area contributed by atoms with Gasteiger partial charge in [-0.3, -0.25) is 0 Å². The van der Waals surface area contributed by atoms with Gasteiger partial charge in [0.25, 0.3) is 0 Å². The lowest BCUT2D eigenvalue weighted by molar-refractivity contribution is 0.415. The maximum Gasteiger partial charge on any atom is 0.198 e. The van der Waals surface area contributed by atoms with Gasteiger partial charge in [0.2, 0.25) is 0 Å². The third kappa shape index (κ3) is 3.96. The Bertz CT molecular complexity index is 694. The molecular formula is C17H16N2OS2. The fourth-order valence-electron chi connectivity index (χ4n) is 2.13. The van der Waals surface area contributed by atoms with Crippen LogP contribution in [0.1, 0.15) is 10.4 Å². The second kappa shape index (κ2) is 7.24. The first kappa shape index (κ1) is 14.8. The van der Waals surface area contributed by atoms with E-state index in [2.05, 4.69) is 39.9 Å². The Morgan fingerprint density at radius 1 is 1.05 bits per heavy atom. The van der Waals surface area contributed by atoms with E-state index in [-0.39, 0.29) is 0 Å². The van der Waals surface area contributed by atoms with Crippen molar-refractivity contribution in [3.05, 3.63) is 76.7 Å². The minimum Gasteiger partial charge on any atom is -0.449 e. The van der Waals surface area contributed by atoms with E-state index >= 15 is 0 Å². The lowest BCUT2D eigenvalue weighted by Crippen LogP contribution is -2.33. The lowest BCUT2D eigenvalue weighted by atomic mass is 10.2. The molecule has 3 rings (SSSR count). The zero-order valence-corrected chi connectivity index (χ0v) is 13.6. The molecule has 2 heterocycles. The first-order chi connectivity index (χ1) is 10.8. The molecule has 0 bridgehead atoms. The van der Waals surface area contributed by atoms with E-state index in [1.807, 2.05) is 30.3 Å². The van der Waals surface area contributed by atoms with Crippen LogP contribution in [0, 0.1) is 0 Å². The highest BCUT2D eigenvalue weighted by atomic mass is 32.1. The Kier molecular flexibility index (Phi) is 4.88. The van der Waals surface area contributed by atoms with Crippen LogP contribution in [0.25, 0.3) is 0 Å². The zero-order valence-electron chi connectivity index (χ0n) is 11.9. The molecule has 0 aliphatic heterocycles. The summed E-state index contributed by atoms with van der Waals surface area (Å²) in [5.74, 6) is 0.661. The van der Waals surface area contributed by atoms with Gasteiger partial charge in [-0.05, 0) is 35.3 Å². The summed E-state index contributed by atoms with van der Waals surface area (Å²) in [7, 11) is 0. The van der Waals surface area contributed by atoms with Crippen molar-refractivity contribution < 1.29 is 4.42 Å². The molecule has 3 aromatic rings. The molecule has 2 aromatic heterocycles. The first-order valence-corrected chi connectivity index (χ1v) is 8.26. The third-order valence-electron chi connectivity index (χ3n) is 3.18. The second-order valence-corrected chi connectivity index (χ2v) is 6.25. The number of anilines is 1. The van der Waals surface area contributed by atoms with Crippen molar-refractivity contribution in [1.82, 2.24) is 4.90 Å². The lowest BCUT2D eigenvalue weighted by Gasteiger charge is -2.25. The van der Waals surface area contributed by atoms with Crippen LogP contribution in [0.15, 0.2) is 70.7 Å². The van der Waals surface area contributed by atoms with Gasteiger partial charge in [-0.2, -0.15) is 0 Å². The Hall–Kier alpha value is -2.11. The minimum absolute atomic E-state index is 0.659. The highest BCUT2D eigenvalue weighted by Crippen LogP contribution is 2.16. The maximum absolute atomic E-state index is 5.56. The molecule has 0 atom stereocenters. The van der Waals surface area contributed by atoms with Crippen molar-refractivity contribution >= 4 is 34.6 Å². The molecule has 0 saturated carbocycles. The number of nitrogens with one attached hydrogen (secondary N) is 1. The highest BCUT2D eigenvalue weighted by Gasteiger charge is 2.13. The first-order valence-electron chi connectivity index (χ1n) is 6.97. The van der Waals surface area contributed by atoms with Gasteiger partial charge in [0.15, 0.2) is 11.0 Å². The number of hydrogen-bond acceptors (Lipinski definition) is 3. The molecule has 5 heteroatoms. The molecule has 1 N–H and O–H groups in total. The molecule has 0 fully saturated rings. The molecule has 0 amide bonds. The number of nitrogens with zero attached hydrogens (tertiary/aromatic N) is 1. The minimum atomic E-state index is 0.659. The summed E-state index contributed by atoms with van der Waals surface area (Å²) in [6, 6.07) is 18.2. The average Bonchev–Trinajstić information content (AvgIpc) is 3.21. The van der Waals surface area contributed by atoms with Gasteiger partial charge in [0, 0.05) is 17.5 Å². The second-order valence-electron chi connectivity index (χ2n) is 4.83. The summed E-state index contributed by atoms with van der Waals surface area (Å²) in [6.07, 6.45) is 1.63. The summed E-state index contributed by atoms with van der Waals surface area (Å²) in [5.41, 5.74) is 1.22. The number of furan rings is 1. The van der Waals surface area contributed by atoms with Crippen molar-refractivity contribution in [2.24, 2.45) is 0 Å². The quantitative estimate of drug-likeness (QED) is 0.685. The topological polar surface area (TPSA) is 28.4 Å². The van der Waals surface area contributed by atoms with E-state index in [1.165, 1.54) is 10.4 Å². The number of hydrogen-bond donors (Lipinski definition) is 1. The Morgan fingerprint density at radius 3 is 2.59 bits per heavy atom. The van der Waals surface area contributed by atoms with Gasteiger partial charge in [0.1, 0.15) is 0 Å². The van der Waals surface area contributed by atoms with E-state index in [0.717, 1.165) is 13.1 Å². The Balaban J connectivity index is 1.74. The van der Waals surface area contributed by atoms with Crippen LogP contribution in [-0.4, -0.2) is 10.0 Å². The normalized spacial score (nSPS) is 10.4. The van der Waals surface area contributed by atoms with Crippen LogP contribution >= 0.6 is 23.6 Å². The van der Waals surface area contributed by atoms with Gasteiger partial charge in [-0.15, -0.1) is 11.3 Å². The molecule has 0 saturated heterocycles. The summed E-state index contributed by atoms with van der Waals surface area (Å²) in [4.78, 5) is 3.42. The van der Waals surface area contributed by atoms with E-state index in [1.54, 1.807) is 17.6 Å². The predicted octanol–water partition coefficient (Wildman–Crippen LogP) is 4.74. The van der Waals surface area contributed by atoms with Crippen LogP contribution in [-0.2, 0) is 13.1 Å². The summed E-state index contributed by atoms with van der Waals surface area (Å²) in [5, 5.41) is 5.89. The molecule has 0 aliphatic rings. The van der Waals surface area contributed by atoms with Gasteiger partial charge in [0.05, 0.1) is 12.8 Å². The van der Waals surface area contributed by atoms with E-state index < -0.39 is 0 Å². The fraction of sp³-hybridized carbons (Fsp3) is 0.118. The molecular weight excluding hydrogens is 312 g/mol. The summed E-state index contributed by atoms with van der Waals surface area (Å²) in [6.45, 7) is 1.53. The number of benzene rings is 1. The van der Waals surface area contributed by atoms with Crippen molar-refractivity contribution in [2.45, 2.75) is 13.1 Å². The Morgan fingerprint density at radius 2 is 1.91 bits per heavy atom. The van der Waals surface area contributed by atoms with E-state index in [4.69, 9.17) is 16.6 Å². The van der Waals surface area contributed by atoms with E-state index in [0.29, 0.717) is 11.0 Å². The molecule has 0 radical (unpaired) electrons. The Labute approximate surface area is 139 Å². The fourth-order valence-corrected chi connectivity index (χ4v) is 3.08. The smallest absolute Gasteiger partial charge is 0.198 e. The SMILES string of the molecule is S=C(Nc1ccco1)N(Cc1ccccc1)Cc1cccs1. The van der Waals surface area contributed by atoms with Crippen LogP contribution in [0.4, 0.5) is 5.88 Å².